The van der Waals surface area contributed by atoms with Crippen LogP contribution < -0.4 is 0 Å². The minimum absolute atomic E-state index is 0. The van der Waals surface area contributed by atoms with E-state index in [1.807, 2.05) is 0 Å². The third kappa shape index (κ3) is 10.4. The minimum Gasteiger partial charge on any atom is -0.480 e. The predicted octanol–water partition coefficient (Wildman–Crippen LogP) is -0.474. The van der Waals surface area contributed by atoms with E-state index in [1.54, 1.807) is 0 Å². The molecule has 10 nitrogen and oxygen atoms in total. The molecule has 0 fully saturated rings. The van der Waals surface area contributed by atoms with Gasteiger partial charge < -0.3 is 10.2 Å². The summed E-state index contributed by atoms with van der Waals surface area (Å²) in [6.45, 7) is 4.56. The second-order valence-electron chi connectivity index (χ2n) is 4.89. The van der Waals surface area contributed by atoms with Gasteiger partial charge in [0, 0.05) is 56.3 Å². The monoisotopic (exact) mass is 466 g/mol. The van der Waals surface area contributed by atoms with Crippen molar-refractivity contribution >= 4 is 60.8 Å². The summed E-state index contributed by atoms with van der Waals surface area (Å²) in [7, 11) is 0. The minimum atomic E-state index is -1.24. The Kier molecular flexibility index (Phi) is 16.2. The second-order valence-corrected chi connectivity index (χ2v) is 5.62. The number of carbonyl (C=O) groups excluding carboxylic acids is 4. The van der Waals surface area contributed by atoms with Gasteiger partial charge in [-0.2, -0.15) is 25.3 Å². The molecule has 2 atom stereocenters. The van der Waals surface area contributed by atoms with Crippen molar-refractivity contribution in [2.24, 2.45) is 0 Å². The molecule has 0 aromatic carbocycles. The van der Waals surface area contributed by atoms with Gasteiger partial charge in [0.2, 0.25) is 23.6 Å². The number of nitrogens with zero attached hydrogens (tertiary/aromatic N) is 2. The van der Waals surface area contributed by atoms with Crippen LogP contribution in [0.15, 0.2) is 0 Å². The number of carboxylic acid groups (broad SMARTS) is 2. The molecule has 13 heteroatoms. The Morgan fingerprint density at radius 3 is 0.889 bits per heavy atom. The van der Waals surface area contributed by atoms with Gasteiger partial charge in [0.25, 0.3) is 0 Å². The van der Waals surface area contributed by atoms with Crippen LogP contribution in [0.2, 0.25) is 0 Å². The average molecular weight is 466 g/mol. The molecule has 0 aliphatic heterocycles. The molecule has 27 heavy (non-hydrogen) atoms. The van der Waals surface area contributed by atoms with Crippen LogP contribution in [0.4, 0.5) is 0 Å². The fourth-order valence-electron chi connectivity index (χ4n) is 1.86. The van der Waals surface area contributed by atoms with Crippen LogP contribution in [-0.2, 0) is 45.8 Å². The van der Waals surface area contributed by atoms with E-state index in [0.717, 1.165) is 27.7 Å². The van der Waals surface area contributed by atoms with Gasteiger partial charge >= 0.3 is 11.9 Å². The Bertz CT molecular complexity index is 509. The quantitative estimate of drug-likeness (QED) is 0.303. The van der Waals surface area contributed by atoms with Crippen molar-refractivity contribution in [2.45, 2.75) is 39.8 Å². The Morgan fingerprint density at radius 2 is 0.852 bits per heavy atom. The number of carboxylic acids is 2. The molecule has 0 unspecified atom stereocenters. The Morgan fingerprint density at radius 1 is 0.667 bits per heavy atom. The fraction of sp³-hybridized carbons (Fsp3) is 0.571. The van der Waals surface area contributed by atoms with Crippen LogP contribution in [0.3, 0.4) is 0 Å². The molecule has 0 saturated carbocycles. The van der Waals surface area contributed by atoms with Gasteiger partial charge in [-0.1, -0.05) is 0 Å². The number of rotatable bonds is 6. The molecular weight excluding hydrogens is 444 g/mol. The zero-order valence-corrected chi connectivity index (χ0v) is 17.9. The number of carbonyl (C=O) groups is 6. The van der Waals surface area contributed by atoms with Gasteiger partial charge in [-0.3, -0.25) is 29.0 Å². The number of imide groups is 2. The van der Waals surface area contributed by atoms with Crippen LogP contribution in [0.1, 0.15) is 27.7 Å². The van der Waals surface area contributed by atoms with Crippen molar-refractivity contribution in [1.82, 2.24) is 9.80 Å². The van der Waals surface area contributed by atoms with Gasteiger partial charge in [0.1, 0.15) is 12.1 Å². The molecule has 0 aromatic rings. The standard InChI is InChI=1S/2C7H11NO4S.Fe/c2*1-4(9)8(5(2)10)6(3-13)7(11)12;/h2*6,13H,3H2,1-2H3,(H,11,12);/t2*6-;/m00./s1. The molecule has 156 valence electrons. The van der Waals surface area contributed by atoms with Crippen molar-refractivity contribution in [2.75, 3.05) is 11.5 Å². The summed E-state index contributed by atoms with van der Waals surface area (Å²) >= 11 is 7.51. The fourth-order valence-corrected chi connectivity index (χ4v) is 2.50. The normalized spacial score (nSPS) is 11.5. The van der Waals surface area contributed by atoms with Crippen molar-refractivity contribution in [3.05, 3.63) is 0 Å². The van der Waals surface area contributed by atoms with Crippen LogP contribution in [-0.4, -0.2) is 79.2 Å². The molecule has 0 rings (SSSR count). The van der Waals surface area contributed by atoms with Crippen molar-refractivity contribution in [3.63, 3.8) is 0 Å². The van der Waals surface area contributed by atoms with E-state index in [1.165, 1.54) is 0 Å². The van der Waals surface area contributed by atoms with E-state index in [-0.39, 0.29) is 28.6 Å². The molecule has 0 radical (unpaired) electrons. The summed E-state index contributed by atoms with van der Waals surface area (Å²) in [5.74, 6) is -5.00. The third-order valence-electron chi connectivity index (χ3n) is 2.90. The first-order valence-electron chi connectivity index (χ1n) is 7.11. The van der Waals surface area contributed by atoms with E-state index >= 15 is 0 Å². The first-order chi connectivity index (χ1) is 11.8. The van der Waals surface area contributed by atoms with Crippen LogP contribution >= 0.6 is 25.3 Å². The van der Waals surface area contributed by atoms with Gasteiger partial charge in [0.05, 0.1) is 0 Å². The Balaban J connectivity index is -0.000000411. The smallest absolute Gasteiger partial charge is 0.327 e. The van der Waals surface area contributed by atoms with E-state index in [4.69, 9.17) is 10.2 Å². The number of thiol groups is 2. The Hall–Kier alpha value is -1.56. The summed E-state index contributed by atoms with van der Waals surface area (Å²) in [6.07, 6.45) is 0. The first-order valence-corrected chi connectivity index (χ1v) is 8.37. The molecular formula is C14H22FeN2O8S2. The first kappa shape index (κ1) is 30.2. The van der Waals surface area contributed by atoms with E-state index in [2.05, 4.69) is 25.3 Å². The van der Waals surface area contributed by atoms with Crippen LogP contribution in [0.25, 0.3) is 0 Å². The summed E-state index contributed by atoms with van der Waals surface area (Å²) < 4.78 is 0. The van der Waals surface area contributed by atoms with Crippen LogP contribution in [0, 0.1) is 0 Å². The van der Waals surface area contributed by atoms with E-state index in [0.29, 0.717) is 9.80 Å². The van der Waals surface area contributed by atoms with Gasteiger partial charge in [-0.05, 0) is 0 Å². The molecule has 2 N–H and O–H groups in total. The molecule has 0 bridgehead atoms. The largest absolute Gasteiger partial charge is 0.480 e. The van der Waals surface area contributed by atoms with E-state index in [9.17, 15) is 28.8 Å². The Labute approximate surface area is 177 Å². The summed E-state index contributed by atoms with van der Waals surface area (Å²) in [6, 6.07) is -2.36. The number of hydrogen-bond donors (Lipinski definition) is 4. The van der Waals surface area contributed by atoms with Gasteiger partial charge in [0.15, 0.2) is 0 Å². The third-order valence-corrected chi connectivity index (χ3v) is 3.59. The second kappa shape index (κ2) is 14.5. The summed E-state index contributed by atoms with van der Waals surface area (Å²) in [4.78, 5) is 66.1. The molecule has 0 heterocycles. The average Bonchev–Trinajstić information content (AvgIpc) is 2.47. The van der Waals surface area contributed by atoms with Crippen molar-refractivity contribution in [1.29, 1.82) is 0 Å². The molecule has 0 saturated heterocycles. The maximum absolute atomic E-state index is 10.9. The van der Waals surface area contributed by atoms with Crippen molar-refractivity contribution in [3.8, 4) is 0 Å². The predicted molar refractivity (Wildman–Crippen MR) is 97.0 cm³/mol. The maximum Gasteiger partial charge on any atom is 0.327 e. The molecule has 0 aliphatic carbocycles. The number of amides is 4. The van der Waals surface area contributed by atoms with Crippen LogP contribution in [0.5, 0.6) is 0 Å². The maximum atomic E-state index is 10.9. The number of hydrogen-bond acceptors (Lipinski definition) is 8. The molecule has 4 amide bonds. The summed E-state index contributed by atoms with van der Waals surface area (Å²) in [5, 5.41) is 17.3. The van der Waals surface area contributed by atoms with Gasteiger partial charge in [-0.15, -0.1) is 0 Å². The van der Waals surface area contributed by atoms with Crippen molar-refractivity contribution < 1.29 is 56.0 Å². The summed E-state index contributed by atoms with van der Waals surface area (Å²) in [5.41, 5.74) is 0. The SMILES string of the molecule is CC(=O)N(C(C)=O)[C@@H](CS)C(=O)O.CC(=O)N(C(C)=O)[C@@H](CS)C(=O)O.[Fe]. The van der Waals surface area contributed by atoms with Gasteiger partial charge in [-0.25, -0.2) is 9.59 Å². The zero-order chi connectivity index (χ0) is 21.2. The molecule has 0 aromatic heterocycles. The molecule has 0 aliphatic rings. The number of aliphatic carboxylic acids is 2. The topological polar surface area (TPSA) is 149 Å². The molecule has 0 spiro atoms. The zero-order valence-electron chi connectivity index (χ0n) is 15.1. The van der Waals surface area contributed by atoms with E-state index < -0.39 is 47.7 Å².